The van der Waals surface area contributed by atoms with E-state index in [1.807, 2.05) is 30.3 Å². The SMILES string of the molecule is COC(=O)[C@@]1(Cc2cc3ccc(OC)cc3c3cc(OC)c(OC)cc23)CCCN1. The lowest BCUT2D eigenvalue weighted by Gasteiger charge is -2.27. The van der Waals surface area contributed by atoms with E-state index in [1.54, 1.807) is 21.3 Å². The molecule has 0 unspecified atom stereocenters. The molecular formula is C24H27NO5. The molecule has 3 aromatic carbocycles. The molecule has 1 saturated heterocycles. The number of fused-ring (bicyclic) bond motifs is 3. The highest BCUT2D eigenvalue weighted by Gasteiger charge is 2.42. The van der Waals surface area contributed by atoms with Gasteiger partial charge in [0.25, 0.3) is 0 Å². The number of nitrogens with one attached hydrogen (secondary N) is 1. The monoisotopic (exact) mass is 409 g/mol. The van der Waals surface area contributed by atoms with Crippen LogP contribution in [0.2, 0.25) is 0 Å². The third-order valence-corrected chi connectivity index (χ3v) is 6.06. The van der Waals surface area contributed by atoms with E-state index in [4.69, 9.17) is 18.9 Å². The van der Waals surface area contributed by atoms with Gasteiger partial charge in [-0.1, -0.05) is 12.1 Å². The Hall–Kier alpha value is -2.99. The molecule has 0 aliphatic carbocycles. The van der Waals surface area contributed by atoms with Crippen LogP contribution < -0.4 is 19.5 Å². The van der Waals surface area contributed by atoms with E-state index >= 15 is 0 Å². The van der Waals surface area contributed by atoms with E-state index in [1.165, 1.54) is 7.11 Å². The zero-order chi connectivity index (χ0) is 21.3. The zero-order valence-corrected chi connectivity index (χ0v) is 17.8. The van der Waals surface area contributed by atoms with Crippen molar-refractivity contribution in [1.29, 1.82) is 0 Å². The van der Waals surface area contributed by atoms with Crippen LogP contribution in [0, 0.1) is 0 Å². The van der Waals surface area contributed by atoms with E-state index in [0.29, 0.717) is 17.9 Å². The van der Waals surface area contributed by atoms with Crippen LogP contribution >= 0.6 is 0 Å². The number of hydrogen-bond donors (Lipinski definition) is 1. The highest BCUT2D eigenvalue weighted by molar-refractivity contribution is 6.10. The molecular weight excluding hydrogens is 382 g/mol. The highest BCUT2D eigenvalue weighted by Crippen LogP contribution is 2.40. The topological polar surface area (TPSA) is 66.0 Å². The zero-order valence-electron chi connectivity index (χ0n) is 17.8. The third-order valence-electron chi connectivity index (χ3n) is 6.06. The molecule has 0 aromatic heterocycles. The number of esters is 1. The standard InChI is InChI=1S/C24H27NO5/c1-27-17-7-6-15-10-16(14-24(23(26)30-4)8-5-9-25-24)19-12-21(28-2)22(29-3)13-20(19)18(15)11-17/h6-7,10-13,25H,5,8-9,14H2,1-4H3/t24-/m0/s1. The van der Waals surface area contributed by atoms with Gasteiger partial charge in [-0.25, -0.2) is 0 Å². The number of ether oxygens (including phenoxy) is 4. The van der Waals surface area contributed by atoms with Crippen LogP contribution in [0.4, 0.5) is 0 Å². The molecule has 3 aromatic rings. The van der Waals surface area contributed by atoms with Crippen molar-refractivity contribution in [2.75, 3.05) is 35.0 Å². The summed E-state index contributed by atoms with van der Waals surface area (Å²) in [6, 6.07) is 12.1. The predicted molar refractivity (Wildman–Crippen MR) is 117 cm³/mol. The Morgan fingerprint density at radius 1 is 0.933 bits per heavy atom. The van der Waals surface area contributed by atoms with Gasteiger partial charge >= 0.3 is 5.97 Å². The second-order valence-electron chi connectivity index (χ2n) is 7.66. The summed E-state index contributed by atoms with van der Waals surface area (Å²) in [6.07, 6.45) is 2.22. The number of carbonyl (C=O) groups excluding carboxylic acids is 1. The van der Waals surface area contributed by atoms with Crippen LogP contribution in [-0.2, 0) is 16.0 Å². The van der Waals surface area contributed by atoms with E-state index in [9.17, 15) is 4.79 Å². The Kier molecular flexibility index (Phi) is 5.43. The maximum atomic E-state index is 12.7. The predicted octanol–water partition coefficient (Wildman–Crippen LogP) is 3.86. The average molecular weight is 409 g/mol. The molecule has 1 aliphatic rings. The van der Waals surface area contributed by atoms with Crippen LogP contribution in [0.5, 0.6) is 17.2 Å². The van der Waals surface area contributed by atoms with Gasteiger partial charge < -0.3 is 24.3 Å². The smallest absolute Gasteiger partial charge is 0.326 e. The molecule has 0 amide bonds. The fourth-order valence-corrected chi connectivity index (χ4v) is 4.52. The van der Waals surface area contributed by atoms with Crippen molar-refractivity contribution in [3.8, 4) is 17.2 Å². The molecule has 1 heterocycles. The average Bonchev–Trinajstić information content (AvgIpc) is 3.27. The molecule has 1 atom stereocenters. The van der Waals surface area contributed by atoms with Crippen LogP contribution in [0.3, 0.4) is 0 Å². The summed E-state index contributed by atoms with van der Waals surface area (Å²) < 4.78 is 21.7. The molecule has 1 fully saturated rings. The molecule has 30 heavy (non-hydrogen) atoms. The highest BCUT2D eigenvalue weighted by atomic mass is 16.5. The van der Waals surface area contributed by atoms with E-state index < -0.39 is 5.54 Å². The summed E-state index contributed by atoms with van der Waals surface area (Å²) >= 11 is 0. The Morgan fingerprint density at radius 3 is 2.27 bits per heavy atom. The fraction of sp³-hybridized carbons (Fsp3) is 0.375. The number of benzene rings is 3. The molecule has 4 rings (SSSR count). The van der Waals surface area contributed by atoms with Crippen molar-refractivity contribution in [3.05, 3.63) is 42.0 Å². The van der Waals surface area contributed by atoms with Gasteiger partial charge in [0.1, 0.15) is 11.3 Å². The van der Waals surface area contributed by atoms with Crippen molar-refractivity contribution < 1.29 is 23.7 Å². The number of methoxy groups -OCH3 is 4. The lowest BCUT2D eigenvalue weighted by atomic mass is 9.85. The molecule has 1 aliphatic heterocycles. The summed E-state index contributed by atoms with van der Waals surface area (Å²) in [5, 5.41) is 7.57. The minimum absolute atomic E-state index is 0.219. The largest absolute Gasteiger partial charge is 0.497 e. The Labute approximate surface area is 176 Å². The molecule has 6 heteroatoms. The Bertz CT molecular complexity index is 1100. The van der Waals surface area contributed by atoms with Crippen LogP contribution in [0.15, 0.2) is 36.4 Å². The molecule has 0 radical (unpaired) electrons. The van der Waals surface area contributed by atoms with Crippen LogP contribution in [-0.4, -0.2) is 46.5 Å². The Morgan fingerprint density at radius 2 is 1.67 bits per heavy atom. The van der Waals surface area contributed by atoms with Gasteiger partial charge in [-0.3, -0.25) is 4.79 Å². The Balaban J connectivity index is 1.99. The van der Waals surface area contributed by atoms with E-state index in [2.05, 4.69) is 11.4 Å². The van der Waals surface area contributed by atoms with Gasteiger partial charge in [0.15, 0.2) is 11.5 Å². The minimum Gasteiger partial charge on any atom is -0.497 e. The first-order valence-corrected chi connectivity index (χ1v) is 10.0. The fourth-order valence-electron chi connectivity index (χ4n) is 4.52. The van der Waals surface area contributed by atoms with Crippen molar-refractivity contribution >= 4 is 27.5 Å². The van der Waals surface area contributed by atoms with Gasteiger partial charge in [0, 0.05) is 6.42 Å². The minimum atomic E-state index is -0.713. The van der Waals surface area contributed by atoms with Gasteiger partial charge in [0.2, 0.25) is 0 Å². The number of hydrogen-bond acceptors (Lipinski definition) is 6. The van der Waals surface area contributed by atoms with E-state index in [-0.39, 0.29) is 5.97 Å². The van der Waals surface area contributed by atoms with Crippen molar-refractivity contribution in [2.24, 2.45) is 0 Å². The molecule has 1 N–H and O–H groups in total. The maximum Gasteiger partial charge on any atom is 0.326 e. The summed E-state index contributed by atoms with van der Waals surface area (Å²) in [5.74, 6) is 1.88. The van der Waals surface area contributed by atoms with Crippen molar-refractivity contribution in [1.82, 2.24) is 5.32 Å². The normalized spacial score (nSPS) is 18.5. The first-order valence-electron chi connectivity index (χ1n) is 10.0. The van der Waals surface area contributed by atoms with Gasteiger partial charge in [-0.15, -0.1) is 0 Å². The quantitative estimate of drug-likeness (QED) is 0.493. The maximum absolute atomic E-state index is 12.7. The van der Waals surface area contributed by atoms with Gasteiger partial charge in [0.05, 0.1) is 28.4 Å². The summed E-state index contributed by atoms with van der Waals surface area (Å²) in [6.45, 7) is 0.801. The molecule has 0 spiro atoms. The third kappa shape index (κ3) is 3.31. The van der Waals surface area contributed by atoms with E-state index in [0.717, 1.165) is 52.2 Å². The second kappa shape index (κ2) is 8.03. The summed E-state index contributed by atoms with van der Waals surface area (Å²) in [7, 11) is 6.36. The van der Waals surface area contributed by atoms with Crippen LogP contribution in [0.25, 0.3) is 21.5 Å². The molecule has 6 nitrogen and oxygen atoms in total. The van der Waals surface area contributed by atoms with Gasteiger partial charge in [-0.05, 0) is 70.8 Å². The first kappa shape index (κ1) is 20.3. The molecule has 158 valence electrons. The first-order chi connectivity index (χ1) is 14.5. The lowest BCUT2D eigenvalue weighted by Crippen LogP contribution is -2.50. The second-order valence-corrected chi connectivity index (χ2v) is 7.66. The lowest BCUT2D eigenvalue weighted by molar-refractivity contribution is -0.147. The number of rotatable bonds is 6. The molecule has 0 saturated carbocycles. The summed E-state index contributed by atoms with van der Waals surface area (Å²) in [5.41, 5.74) is 0.345. The summed E-state index contributed by atoms with van der Waals surface area (Å²) in [4.78, 5) is 12.7. The van der Waals surface area contributed by atoms with Crippen molar-refractivity contribution in [3.63, 3.8) is 0 Å². The van der Waals surface area contributed by atoms with Crippen molar-refractivity contribution in [2.45, 2.75) is 24.8 Å². The number of carbonyl (C=O) groups is 1. The van der Waals surface area contributed by atoms with Gasteiger partial charge in [-0.2, -0.15) is 0 Å². The van der Waals surface area contributed by atoms with Crippen LogP contribution in [0.1, 0.15) is 18.4 Å². The molecule has 0 bridgehead atoms.